The summed E-state index contributed by atoms with van der Waals surface area (Å²) in [6, 6.07) is 7.55. The van der Waals surface area contributed by atoms with Gasteiger partial charge < -0.3 is 10.6 Å². The standard InChI is InChI=1S/C21H28N4O2S2/c1-14(2)12-19(27)22-17-10-8-15(9-11-17)18(26)13-28-21-25-24-20(29-21)23-16-6-4-3-5-7-16/h8-11,14,16H,3-7,12-13H2,1-2H3,(H,22,27)(H,23,24). The van der Waals surface area contributed by atoms with E-state index in [0.717, 1.165) is 9.47 Å². The van der Waals surface area contributed by atoms with Gasteiger partial charge in [-0.15, -0.1) is 10.2 Å². The molecule has 0 radical (unpaired) electrons. The van der Waals surface area contributed by atoms with E-state index in [2.05, 4.69) is 20.8 Å². The molecular weight excluding hydrogens is 404 g/mol. The van der Waals surface area contributed by atoms with E-state index in [1.165, 1.54) is 55.2 Å². The molecule has 29 heavy (non-hydrogen) atoms. The average Bonchev–Trinajstić information content (AvgIpc) is 3.14. The molecule has 1 heterocycles. The molecule has 156 valence electrons. The number of thioether (sulfide) groups is 1. The zero-order valence-corrected chi connectivity index (χ0v) is 18.6. The third kappa shape index (κ3) is 7.12. The summed E-state index contributed by atoms with van der Waals surface area (Å²) in [5.74, 6) is 0.652. The zero-order valence-electron chi connectivity index (χ0n) is 16.9. The SMILES string of the molecule is CC(C)CC(=O)Nc1ccc(C(=O)CSc2nnc(NC3CCCCC3)s2)cc1. The van der Waals surface area contributed by atoms with Crippen LogP contribution in [0.5, 0.6) is 0 Å². The maximum atomic E-state index is 12.5. The Hall–Kier alpha value is -1.93. The molecule has 8 heteroatoms. The minimum atomic E-state index is -0.0106. The van der Waals surface area contributed by atoms with E-state index in [0.29, 0.717) is 35.4 Å². The summed E-state index contributed by atoms with van der Waals surface area (Å²) in [7, 11) is 0. The number of hydrogen-bond acceptors (Lipinski definition) is 7. The van der Waals surface area contributed by atoms with Crippen LogP contribution in [-0.2, 0) is 4.79 Å². The number of nitrogens with one attached hydrogen (secondary N) is 2. The summed E-state index contributed by atoms with van der Waals surface area (Å²) in [6.07, 6.45) is 6.72. The van der Waals surface area contributed by atoms with Crippen molar-refractivity contribution in [1.82, 2.24) is 10.2 Å². The van der Waals surface area contributed by atoms with E-state index in [-0.39, 0.29) is 11.7 Å². The van der Waals surface area contributed by atoms with Crippen molar-refractivity contribution in [3.05, 3.63) is 29.8 Å². The molecule has 2 aromatic rings. The third-order valence-electron chi connectivity index (χ3n) is 4.75. The number of nitrogens with zero attached hydrogens (tertiary/aromatic N) is 2. The van der Waals surface area contributed by atoms with Crippen LogP contribution in [0.1, 0.15) is 62.7 Å². The number of hydrogen-bond donors (Lipinski definition) is 2. The van der Waals surface area contributed by atoms with Crippen LogP contribution in [0.15, 0.2) is 28.6 Å². The molecule has 1 aromatic heterocycles. The maximum Gasteiger partial charge on any atom is 0.224 e. The largest absolute Gasteiger partial charge is 0.357 e. The molecule has 1 amide bonds. The van der Waals surface area contributed by atoms with E-state index in [1.54, 1.807) is 24.3 Å². The first-order valence-electron chi connectivity index (χ1n) is 10.2. The van der Waals surface area contributed by atoms with Crippen LogP contribution in [0.25, 0.3) is 0 Å². The highest BCUT2D eigenvalue weighted by Crippen LogP contribution is 2.28. The van der Waals surface area contributed by atoms with Crippen molar-refractivity contribution in [2.75, 3.05) is 16.4 Å². The molecule has 0 bridgehead atoms. The van der Waals surface area contributed by atoms with Crippen molar-refractivity contribution in [3.63, 3.8) is 0 Å². The Morgan fingerprint density at radius 1 is 1.14 bits per heavy atom. The number of carbonyl (C=O) groups is 2. The molecule has 1 saturated carbocycles. The fourth-order valence-corrected chi connectivity index (χ4v) is 5.00. The van der Waals surface area contributed by atoms with Crippen LogP contribution in [0, 0.1) is 5.92 Å². The number of Topliss-reactive ketones (excluding diaryl/α,β-unsaturated/α-hetero) is 1. The van der Waals surface area contributed by atoms with Crippen molar-refractivity contribution in [2.45, 2.75) is 62.8 Å². The van der Waals surface area contributed by atoms with Gasteiger partial charge in [0.05, 0.1) is 5.75 Å². The molecule has 1 aliphatic rings. The molecule has 6 nitrogen and oxygen atoms in total. The molecule has 3 rings (SSSR count). The smallest absolute Gasteiger partial charge is 0.224 e. The normalized spacial score (nSPS) is 14.7. The second kappa shape index (κ2) is 10.7. The van der Waals surface area contributed by atoms with Crippen molar-refractivity contribution < 1.29 is 9.59 Å². The van der Waals surface area contributed by atoms with E-state index >= 15 is 0 Å². The molecule has 0 aliphatic heterocycles. The zero-order chi connectivity index (χ0) is 20.6. The lowest BCUT2D eigenvalue weighted by Gasteiger charge is -2.21. The van der Waals surface area contributed by atoms with Crippen molar-refractivity contribution >= 4 is 45.6 Å². The fourth-order valence-electron chi connectivity index (χ4n) is 3.28. The van der Waals surface area contributed by atoms with Crippen LogP contribution in [0.2, 0.25) is 0 Å². The monoisotopic (exact) mass is 432 g/mol. The molecule has 0 unspecified atom stereocenters. The van der Waals surface area contributed by atoms with Gasteiger partial charge >= 0.3 is 0 Å². The fraction of sp³-hybridized carbons (Fsp3) is 0.524. The lowest BCUT2D eigenvalue weighted by Crippen LogP contribution is -2.21. The number of anilines is 2. The number of carbonyl (C=O) groups excluding carboxylic acids is 2. The van der Waals surface area contributed by atoms with E-state index < -0.39 is 0 Å². The second-order valence-corrected chi connectivity index (χ2v) is 9.99. The highest BCUT2D eigenvalue weighted by Gasteiger charge is 2.16. The Labute approximate surface area is 180 Å². The van der Waals surface area contributed by atoms with Gasteiger partial charge in [-0.05, 0) is 43.0 Å². The summed E-state index contributed by atoms with van der Waals surface area (Å²) in [6.45, 7) is 4.01. The topological polar surface area (TPSA) is 84.0 Å². The minimum Gasteiger partial charge on any atom is -0.357 e. The van der Waals surface area contributed by atoms with Gasteiger partial charge in [-0.25, -0.2) is 0 Å². The van der Waals surface area contributed by atoms with Gasteiger partial charge in [-0.3, -0.25) is 9.59 Å². The summed E-state index contributed by atoms with van der Waals surface area (Å²) in [5, 5.41) is 15.6. The highest BCUT2D eigenvalue weighted by molar-refractivity contribution is 8.01. The quantitative estimate of drug-likeness (QED) is 0.416. The molecule has 2 N–H and O–H groups in total. The van der Waals surface area contributed by atoms with Crippen LogP contribution in [0.4, 0.5) is 10.8 Å². The van der Waals surface area contributed by atoms with Crippen LogP contribution in [-0.4, -0.2) is 33.7 Å². The van der Waals surface area contributed by atoms with Gasteiger partial charge in [-0.1, -0.05) is 56.2 Å². The van der Waals surface area contributed by atoms with Gasteiger partial charge in [0.15, 0.2) is 10.1 Å². The first kappa shape index (κ1) is 21.8. The van der Waals surface area contributed by atoms with Gasteiger partial charge in [0.25, 0.3) is 0 Å². The molecule has 1 aliphatic carbocycles. The molecule has 0 spiro atoms. The van der Waals surface area contributed by atoms with Gasteiger partial charge in [0.1, 0.15) is 0 Å². The van der Waals surface area contributed by atoms with Gasteiger partial charge in [-0.2, -0.15) is 0 Å². The Morgan fingerprint density at radius 3 is 2.55 bits per heavy atom. The number of benzene rings is 1. The number of rotatable bonds is 9. The maximum absolute atomic E-state index is 12.5. The van der Waals surface area contributed by atoms with Crippen molar-refractivity contribution in [3.8, 4) is 0 Å². The van der Waals surface area contributed by atoms with Crippen molar-refractivity contribution in [2.24, 2.45) is 5.92 Å². The summed E-state index contributed by atoms with van der Waals surface area (Å²) in [4.78, 5) is 24.3. The van der Waals surface area contributed by atoms with Gasteiger partial charge in [0.2, 0.25) is 11.0 Å². The minimum absolute atomic E-state index is 0.0106. The van der Waals surface area contributed by atoms with Crippen LogP contribution in [0.3, 0.4) is 0 Å². The van der Waals surface area contributed by atoms with Crippen molar-refractivity contribution in [1.29, 1.82) is 0 Å². The predicted octanol–water partition coefficient (Wildman–Crippen LogP) is 5.24. The van der Waals surface area contributed by atoms with Gasteiger partial charge in [0, 0.05) is 23.7 Å². The predicted molar refractivity (Wildman–Crippen MR) is 120 cm³/mol. The summed E-state index contributed by atoms with van der Waals surface area (Å²) >= 11 is 2.92. The Morgan fingerprint density at radius 2 is 1.86 bits per heavy atom. The summed E-state index contributed by atoms with van der Waals surface area (Å²) < 4.78 is 0.800. The Balaban J connectivity index is 1.46. The Bertz CT molecular complexity index is 814. The van der Waals surface area contributed by atoms with Crippen LogP contribution >= 0.6 is 23.1 Å². The van der Waals surface area contributed by atoms with Crippen LogP contribution < -0.4 is 10.6 Å². The van der Waals surface area contributed by atoms with E-state index in [1.807, 2.05) is 13.8 Å². The Kier molecular flexibility index (Phi) is 8.06. The highest BCUT2D eigenvalue weighted by atomic mass is 32.2. The lowest BCUT2D eigenvalue weighted by molar-refractivity contribution is -0.116. The molecular formula is C21H28N4O2S2. The number of amides is 1. The second-order valence-electron chi connectivity index (χ2n) is 7.79. The number of ketones is 1. The first-order valence-corrected chi connectivity index (χ1v) is 12.0. The molecule has 1 aromatic carbocycles. The molecule has 1 fully saturated rings. The lowest BCUT2D eigenvalue weighted by atomic mass is 9.96. The average molecular weight is 433 g/mol. The first-order chi connectivity index (χ1) is 14.0. The summed E-state index contributed by atoms with van der Waals surface area (Å²) in [5.41, 5.74) is 1.34. The van der Waals surface area contributed by atoms with E-state index in [9.17, 15) is 9.59 Å². The number of aromatic nitrogens is 2. The van der Waals surface area contributed by atoms with E-state index in [4.69, 9.17) is 0 Å². The third-order valence-corrected chi connectivity index (χ3v) is 6.74. The molecule has 0 saturated heterocycles. The molecule has 0 atom stereocenters.